The molecule has 5 aliphatic rings. The predicted octanol–water partition coefficient (Wildman–Crippen LogP) is 4.72. The molecule has 0 aromatic heterocycles. The zero-order valence-corrected chi connectivity index (χ0v) is 18.3. The number of hydrogen-bond donors (Lipinski definition) is 2. The molecule has 1 aliphatic heterocycles. The van der Waals surface area contributed by atoms with Crippen molar-refractivity contribution < 1.29 is 14.3 Å². The van der Waals surface area contributed by atoms with Crippen molar-refractivity contribution in [2.75, 3.05) is 6.54 Å². The van der Waals surface area contributed by atoms with E-state index in [2.05, 4.69) is 10.6 Å². The Balaban J connectivity index is 1.09. The van der Waals surface area contributed by atoms with E-state index in [1.165, 1.54) is 19.3 Å². The summed E-state index contributed by atoms with van der Waals surface area (Å²) in [6.07, 6.45) is 7.39. The van der Waals surface area contributed by atoms with Crippen LogP contribution in [0.4, 0.5) is 0 Å². The Kier molecular flexibility index (Phi) is 4.74. The van der Waals surface area contributed by atoms with E-state index in [1.54, 1.807) is 0 Å². The fourth-order valence-corrected chi connectivity index (χ4v) is 7.16. The van der Waals surface area contributed by atoms with Gasteiger partial charge in [-0.15, -0.1) is 0 Å². The summed E-state index contributed by atoms with van der Waals surface area (Å²) in [6, 6.07) is 15.4. The molecule has 2 N–H and O–H groups in total. The Morgan fingerprint density at radius 1 is 0.844 bits per heavy atom. The molecule has 4 bridgehead atoms. The minimum atomic E-state index is -0.248. The van der Waals surface area contributed by atoms with Crippen LogP contribution in [0.3, 0.4) is 0 Å². The van der Waals surface area contributed by atoms with Gasteiger partial charge in [-0.3, -0.25) is 9.59 Å². The van der Waals surface area contributed by atoms with Crippen molar-refractivity contribution >= 4 is 11.8 Å². The number of benzene rings is 2. The van der Waals surface area contributed by atoms with Crippen molar-refractivity contribution in [3.05, 3.63) is 59.7 Å². The van der Waals surface area contributed by atoms with Gasteiger partial charge in [-0.25, -0.2) is 0 Å². The number of para-hydroxylation sites is 2. The quantitative estimate of drug-likeness (QED) is 0.721. The van der Waals surface area contributed by atoms with Crippen LogP contribution in [0.25, 0.3) is 0 Å². The maximum absolute atomic E-state index is 13.1. The van der Waals surface area contributed by atoms with Crippen LogP contribution < -0.4 is 15.4 Å². The van der Waals surface area contributed by atoms with Crippen LogP contribution >= 0.6 is 0 Å². The standard InChI is InChI=1S/C27H30N2O3/c30-24(9-10-28-26(31)27-14-17-11-18(15-27)13-19(12-17)16-27)29-25-20-5-1-3-7-22(20)32-23-8-4-2-6-21(23)25/h1-8,17-19,25H,9-16H2,(H,28,31)(H,29,30). The molecule has 32 heavy (non-hydrogen) atoms. The van der Waals surface area contributed by atoms with E-state index < -0.39 is 0 Å². The molecular formula is C27H30N2O3. The number of nitrogens with one attached hydrogen (secondary N) is 2. The Hall–Kier alpha value is -2.82. The molecule has 0 radical (unpaired) electrons. The Morgan fingerprint density at radius 2 is 1.38 bits per heavy atom. The lowest BCUT2D eigenvalue weighted by Gasteiger charge is -2.55. The number of ether oxygens (including phenoxy) is 1. The number of rotatable bonds is 5. The first-order valence-corrected chi connectivity index (χ1v) is 12.0. The maximum atomic E-state index is 13.1. The predicted molar refractivity (Wildman–Crippen MR) is 121 cm³/mol. The highest BCUT2D eigenvalue weighted by Gasteiger charge is 2.54. The fraction of sp³-hybridized carbons (Fsp3) is 0.481. The van der Waals surface area contributed by atoms with E-state index in [-0.39, 0.29) is 29.7 Å². The second-order valence-corrected chi connectivity index (χ2v) is 10.4. The molecule has 2 aromatic carbocycles. The van der Waals surface area contributed by atoms with Gasteiger partial charge in [0.25, 0.3) is 0 Å². The average Bonchev–Trinajstić information content (AvgIpc) is 2.78. The molecule has 0 unspecified atom stereocenters. The lowest BCUT2D eigenvalue weighted by atomic mass is 9.49. The van der Waals surface area contributed by atoms with Gasteiger partial charge in [0, 0.05) is 29.5 Å². The van der Waals surface area contributed by atoms with Gasteiger partial charge in [0.1, 0.15) is 11.5 Å². The van der Waals surface area contributed by atoms with Crippen LogP contribution in [0.1, 0.15) is 62.1 Å². The van der Waals surface area contributed by atoms with E-state index in [1.807, 2.05) is 48.5 Å². The van der Waals surface area contributed by atoms with Gasteiger partial charge in [0.2, 0.25) is 11.8 Å². The summed E-state index contributed by atoms with van der Waals surface area (Å²) in [5, 5.41) is 6.29. The summed E-state index contributed by atoms with van der Waals surface area (Å²) in [5.41, 5.74) is 1.75. The Morgan fingerprint density at radius 3 is 1.94 bits per heavy atom. The van der Waals surface area contributed by atoms with E-state index >= 15 is 0 Å². The lowest BCUT2D eigenvalue weighted by molar-refractivity contribution is -0.146. The van der Waals surface area contributed by atoms with Crippen molar-refractivity contribution in [2.45, 2.75) is 51.0 Å². The maximum Gasteiger partial charge on any atom is 0.226 e. The molecule has 7 rings (SSSR count). The molecule has 5 nitrogen and oxygen atoms in total. The normalized spacial score (nSPS) is 29.6. The van der Waals surface area contributed by atoms with Crippen LogP contribution in [0.15, 0.2) is 48.5 Å². The van der Waals surface area contributed by atoms with Gasteiger partial charge in [0.15, 0.2) is 0 Å². The van der Waals surface area contributed by atoms with Gasteiger partial charge in [0.05, 0.1) is 6.04 Å². The topological polar surface area (TPSA) is 67.4 Å². The summed E-state index contributed by atoms with van der Waals surface area (Å²) < 4.78 is 6.01. The minimum absolute atomic E-state index is 0.0627. The first-order chi connectivity index (χ1) is 15.6. The monoisotopic (exact) mass is 430 g/mol. The number of hydrogen-bond acceptors (Lipinski definition) is 3. The van der Waals surface area contributed by atoms with Gasteiger partial charge in [-0.05, 0) is 68.4 Å². The molecule has 4 aliphatic carbocycles. The van der Waals surface area contributed by atoms with Gasteiger partial charge in [-0.2, -0.15) is 0 Å². The number of carbonyl (C=O) groups excluding carboxylic acids is 2. The average molecular weight is 431 g/mol. The first kappa shape index (κ1) is 19.8. The van der Waals surface area contributed by atoms with Gasteiger partial charge < -0.3 is 15.4 Å². The van der Waals surface area contributed by atoms with Crippen molar-refractivity contribution in [3.63, 3.8) is 0 Å². The number of carbonyl (C=O) groups is 2. The summed E-state index contributed by atoms with van der Waals surface area (Å²) in [7, 11) is 0. The molecule has 4 fully saturated rings. The molecule has 5 heteroatoms. The fourth-order valence-electron chi connectivity index (χ4n) is 7.16. The van der Waals surface area contributed by atoms with Crippen LogP contribution in [0.2, 0.25) is 0 Å². The third-order valence-corrected chi connectivity index (χ3v) is 8.14. The number of fused-ring (bicyclic) bond motifs is 2. The summed E-state index contributed by atoms with van der Waals surface area (Å²) >= 11 is 0. The SMILES string of the molecule is O=C(CCNC(=O)C12CC3CC(CC(C3)C1)C2)NC1c2ccccc2Oc2ccccc21. The summed E-state index contributed by atoms with van der Waals surface area (Å²) in [5.74, 6) is 3.88. The molecule has 4 saturated carbocycles. The first-order valence-electron chi connectivity index (χ1n) is 12.0. The molecule has 0 atom stereocenters. The third-order valence-electron chi connectivity index (χ3n) is 8.14. The Labute approximate surface area is 188 Å². The van der Waals surface area contributed by atoms with Crippen LogP contribution in [-0.4, -0.2) is 18.4 Å². The largest absolute Gasteiger partial charge is 0.457 e. The zero-order valence-electron chi connectivity index (χ0n) is 18.3. The minimum Gasteiger partial charge on any atom is -0.457 e. The smallest absolute Gasteiger partial charge is 0.226 e. The van der Waals surface area contributed by atoms with E-state index in [9.17, 15) is 9.59 Å². The van der Waals surface area contributed by atoms with E-state index in [4.69, 9.17) is 4.74 Å². The Bertz CT molecular complexity index is 982. The van der Waals surface area contributed by atoms with Gasteiger partial charge >= 0.3 is 0 Å². The van der Waals surface area contributed by atoms with E-state index in [0.29, 0.717) is 6.54 Å². The molecular weight excluding hydrogens is 400 g/mol. The van der Waals surface area contributed by atoms with Crippen molar-refractivity contribution in [1.29, 1.82) is 0 Å². The number of amides is 2. The second-order valence-electron chi connectivity index (χ2n) is 10.4. The van der Waals surface area contributed by atoms with Crippen LogP contribution in [0.5, 0.6) is 11.5 Å². The highest BCUT2D eigenvalue weighted by Crippen LogP contribution is 2.60. The highest BCUT2D eigenvalue weighted by molar-refractivity contribution is 5.84. The zero-order chi connectivity index (χ0) is 21.7. The molecule has 1 heterocycles. The molecule has 0 spiro atoms. The van der Waals surface area contributed by atoms with Gasteiger partial charge in [-0.1, -0.05) is 36.4 Å². The van der Waals surface area contributed by atoms with Crippen molar-refractivity contribution in [2.24, 2.45) is 23.2 Å². The molecule has 166 valence electrons. The van der Waals surface area contributed by atoms with Crippen LogP contribution in [-0.2, 0) is 9.59 Å². The molecule has 2 aromatic rings. The van der Waals surface area contributed by atoms with Crippen molar-refractivity contribution in [1.82, 2.24) is 10.6 Å². The molecule has 2 amide bonds. The highest BCUT2D eigenvalue weighted by atomic mass is 16.5. The summed E-state index contributed by atoms with van der Waals surface area (Å²) in [4.78, 5) is 26.0. The second kappa shape index (κ2) is 7.65. The molecule has 0 saturated heterocycles. The third kappa shape index (κ3) is 3.39. The summed E-state index contributed by atoms with van der Waals surface area (Å²) in [6.45, 7) is 0.388. The van der Waals surface area contributed by atoms with E-state index in [0.717, 1.165) is 59.6 Å². The van der Waals surface area contributed by atoms with Crippen molar-refractivity contribution in [3.8, 4) is 11.5 Å². The lowest BCUT2D eigenvalue weighted by Crippen LogP contribution is -2.53. The van der Waals surface area contributed by atoms with Crippen LogP contribution in [0, 0.1) is 23.2 Å².